The Morgan fingerprint density at radius 3 is 2.32 bits per heavy atom. The molecule has 2 aromatic rings. The van der Waals surface area contributed by atoms with Gasteiger partial charge in [0.1, 0.15) is 11.8 Å². The number of hydrogen-bond donors (Lipinski definition) is 3. The molecule has 0 radical (unpaired) electrons. The van der Waals surface area contributed by atoms with Crippen molar-refractivity contribution in [1.29, 1.82) is 0 Å². The molecule has 0 bridgehead atoms. The van der Waals surface area contributed by atoms with Gasteiger partial charge in [0.2, 0.25) is 5.91 Å². The van der Waals surface area contributed by atoms with Crippen LogP contribution in [-0.4, -0.2) is 25.1 Å². The summed E-state index contributed by atoms with van der Waals surface area (Å²) in [5.41, 5.74) is 5.88. The average molecular weight is 343 g/mol. The monoisotopic (exact) mass is 343 g/mol. The Balaban J connectivity index is 1.91. The number of benzene rings is 2. The molecule has 3 amide bonds. The first-order chi connectivity index (χ1) is 12.0. The molecule has 0 fully saturated rings. The number of rotatable bonds is 7. The van der Waals surface area contributed by atoms with Crippen molar-refractivity contribution in [2.45, 2.75) is 19.5 Å². The fourth-order valence-electron chi connectivity index (χ4n) is 2.13. The molecule has 7 nitrogen and oxygen atoms in total. The number of hydrogen-bond acceptors (Lipinski definition) is 4. The smallest absolute Gasteiger partial charge is 0.312 e. The Bertz CT molecular complexity index is 731. The minimum atomic E-state index is -0.736. The average Bonchev–Trinajstić information content (AvgIpc) is 2.60. The highest BCUT2D eigenvalue weighted by Gasteiger charge is 2.13. The van der Waals surface area contributed by atoms with E-state index in [2.05, 4.69) is 10.6 Å². The van der Waals surface area contributed by atoms with E-state index in [1.807, 2.05) is 36.4 Å². The third kappa shape index (κ3) is 5.42. The number of ether oxygens (including phenoxy) is 2. The van der Waals surface area contributed by atoms with Gasteiger partial charge in [-0.1, -0.05) is 24.3 Å². The fourth-order valence-corrected chi connectivity index (χ4v) is 2.13. The largest absolute Gasteiger partial charge is 0.493 e. The van der Waals surface area contributed by atoms with Crippen LogP contribution in [0.15, 0.2) is 48.5 Å². The highest BCUT2D eigenvalue weighted by atomic mass is 16.5. The van der Waals surface area contributed by atoms with Crippen LogP contribution in [0, 0.1) is 0 Å². The van der Waals surface area contributed by atoms with Crippen LogP contribution < -0.4 is 25.8 Å². The second kappa shape index (κ2) is 8.58. The summed E-state index contributed by atoms with van der Waals surface area (Å²) in [6, 6.07) is 13.2. The molecule has 1 atom stereocenters. The van der Waals surface area contributed by atoms with Gasteiger partial charge in [-0.05, 0) is 36.8 Å². The lowest BCUT2D eigenvalue weighted by molar-refractivity contribution is -0.122. The summed E-state index contributed by atoms with van der Waals surface area (Å²) in [6.45, 7) is 1.89. The maximum Gasteiger partial charge on any atom is 0.312 e. The number of para-hydroxylation sites is 2. The number of nitrogens with one attached hydrogen (secondary N) is 2. The van der Waals surface area contributed by atoms with Crippen molar-refractivity contribution in [1.82, 2.24) is 10.6 Å². The highest BCUT2D eigenvalue weighted by Crippen LogP contribution is 2.30. The Morgan fingerprint density at radius 1 is 1.08 bits per heavy atom. The topological polar surface area (TPSA) is 103 Å². The van der Waals surface area contributed by atoms with Crippen molar-refractivity contribution in [3.05, 3.63) is 54.1 Å². The summed E-state index contributed by atoms with van der Waals surface area (Å²) in [4.78, 5) is 22.5. The van der Waals surface area contributed by atoms with Crippen molar-refractivity contribution >= 4 is 11.9 Å². The van der Waals surface area contributed by atoms with Gasteiger partial charge in [-0.15, -0.1) is 0 Å². The quantitative estimate of drug-likeness (QED) is 0.717. The second-order valence-corrected chi connectivity index (χ2v) is 5.34. The van der Waals surface area contributed by atoms with E-state index in [0.717, 1.165) is 5.56 Å². The zero-order valence-electron chi connectivity index (χ0n) is 14.1. The molecule has 0 saturated heterocycles. The Hall–Kier alpha value is -3.22. The maximum atomic E-state index is 11.8. The number of nitrogens with two attached hydrogens (primary N) is 1. The summed E-state index contributed by atoms with van der Waals surface area (Å²) in [5, 5.41) is 5.04. The normalized spacial score (nSPS) is 11.3. The van der Waals surface area contributed by atoms with E-state index in [4.69, 9.17) is 15.2 Å². The summed E-state index contributed by atoms with van der Waals surface area (Å²) >= 11 is 0. The summed E-state index contributed by atoms with van der Waals surface area (Å²) in [6.07, 6.45) is 0. The van der Waals surface area contributed by atoms with Crippen molar-refractivity contribution in [3.8, 4) is 17.2 Å². The van der Waals surface area contributed by atoms with Crippen LogP contribution in [0.3, 0.4) is 0 Å². The van der Waals surface area contributed by atoms with E-state index in [-0.39, 0.29) is 5.91 Å². The molecular weight excluding hydrogens is 322 g/mol. The summed E-state index contributed by atoms with van der Waals surface area (Å²) in [7, 11) is 1.59. The Labute approximate surface area is 146 Å². The molecule has 132 valence electrons. The van der Waals surface area contributed by atoms with Crippen molar-refractivity contribution in [2.24, 2.45) is 5.73 Å². The summed E-state index contributed by atoms with van der Waals surface area (Å²) < 4.78 is 11.0. The number of carbonyl (C=O) groups excluding carboxylic acids is 2. The molecule has 0 aliphatic carbocycles. The minimum absolute atomic E-state index is 0.312. The van der Waals surface area contributed by atoms with Gasteiger partial charge in [0.05, 0.1) is 7.11 Å². The van der Waals surface area contributed by atoms with E-state index in [0.29, 0.717) is 23.8 Å². The Morgan fingerprint density at radius 2 is 1.72 bits per heavy atom. The van der Waals surface area contributed by atoms with E-state index in [1.165, 1.54) is 0 Å². The number of carbonyl (C=O) groups is 2. The van der Waals surface area contributed by atoms with E-state index < -0.39 is 12.1 Å². The van der Waals surface area contributed by atoms with Crippen LogP contribution in [-0.2, 0) is 11.3 Å². The van der Waals surface area contributed by atoms with E-state index in [1.54, 1.807) is 26.2 Å². The predicted molar refractivity (Wildman–Crippen MR) is 93.5 cm³/mol. The van der Waals surface area contributed by atoms with Gasteiger partial charge in [0.15, 0.2) is 11.5 Å². The number of urea groups is 1. The molecule has 2 rings (SSSR count). The highest BCUT2D eigenvalue weighted by molar-refractivity contribution is 5.86. The van der Waals surface area contributed by atoms with Gasteiger partial charge in [-0.3, -0.25) is 4.79 Å². The molecule has 4 N–H and O–H groups in total. The minimum Gasteiger partial charge on any atom is -0.493 e. The van der Waals surface area contributed by atoms with Gasteiger partial charge < -0.3 is 25.8 Å². The van der Waals surface area contributed by atoms with Crippen LogP contribution in [0.25, 0.3) is 0 Å². The second-order valence-electron chi connectivity index (χ2n) is 5.34. The summed E-state index contributed by atoms with van der Waals surface area (Å²) in [5.74, 6) is 1.61. The first-order valence-corrected chi connectivity index (χ1v) is 7.73. The molecular formula is C18H21N3O4. The first-order valence-electron chi connectivity index (χ1n) is 7.73. The standard InChI is InChI=1S/C18H21N3O4/c1-12(21-18(19)23)17(22)20-11-13-7-9-14(10-8-13)25-16-6-4-3-5-15(16)24-2/h3-10,12H,11H2,1-2H3,(H,20,22)(H3,19,21,23)/t12-/m0/s1. The third-order valence-electron chi connectivity index (χ3n) is 3.44. The molecule has 2 aromatic carbocycles. The van der Waals surface area contributed by atoms with Gasteiger partial charge in [0, 0.05) is 6.54 Å². The van der Waals surface area contributed by atoms with Crippen molar-refractivity contribution < 1.29 is 19.1 Å². The molecule has 25 heavy (non-hydrogen) atoms. The van der Waals surface area contributed by atoms with Crippen LogP contribution in [0.1, 0.15) is 12.5 Å². The molecule has 0 spiro atoms. The van der Waals surface area contributed by atoms with Crippen molar-refractivity contribution in [2.75, 3.05) is 7.11 Å². The van der Waals surface area contributed by atoms with Crippen LogP contribution in [0.5, 0.6) is 17.2 Å². The molecule has 0 unspecified atom stereocenters. The zero-order chi connectivity index (χ0) is 18.2. The predicted octanol–water partition coefficient (Wildman–Crippen LogP) is 2.16. The van der Waals surface area contributed by atoms with Gasteiger partial charge in [-0.25, -0.2) is 4.79 Å². The third-order valence-corrected chi connectivity index (χ3v) is 3.44. The van der Waals surface area contributed by atoms with Gasteiger partial charge in [-0.2, -0.15) is 0 Å². The van der Waals surface area contributed by atoms with Gasteiger partial charge in [0.25, 0.3) is 0 Å². The zero-order valence-corrected chi connectivity index (χ0v) is 14.1. The van der Waals surface area contributed by atoms with E-state index in [9.17, 15) is 9.59 Å². The van der Waals surface area contributed by atoms with Crippen molar-refractivity contribution in [3.63, 3.8) is 0 Å². The van der Waals surface area contributed by atoms with Crippen LogP contribution in [0.4, 0.5) is 4.79 Å². The molecule has 0 aromatic heterocycles. The lowest BCUT2D eigenvalue weighted by Crippen LogP contribution is -2.46. The lowest BCUT2D eigenvalue weighted by Gasteiger charge is -2.13. The lowest BCUT2D eigenvalue weighted by atomic mass is 10.2. The van der Waals surface area contributed by atoms with Crippen LogP contribution >= 0.6 is 0 Å². The van der Waals surface area contributed by atoms with E-state index >= 15 is 0 Å². The SMILES string of the molecule is COc1ccccc1Oc1ccc(CNC(=O)[C@H](C)NC(N)=O)cc1. The Kier molecular flexibility index (Phi) is 6.22. The molecule has 0 heterocycles. The number of amides is 3. The fraction of sp³-hybridized carbons (Fsp3) is 0.222. The molecule has 0 aliphatic heterocycles. The molecule has 7 heteroatoms. The van der Waals surface area contributed by atoms with Gasteiger partial charge >= 0.3 is 6.03 Å². The number of primary amides is 1. The first kappa shape index (κ1) is 18.1. The molecule has 0 saturated carbocycles. The molecule has 0 aliphatic rings. The number of methoxy groups -OCH3 is 1. The van der Waals surface area contributed by atoms with Crippen LogP contribution in [0.2, 0.25) is 0 Å². The maximum absolute atomic E-state index is 11.8.